The molecule has 0 atom stereocenters. The number of alkyl halides is 3. The molecule has 0 radical (unpaired) electrons. The SMILES string of the molecule is CC(=O)Oc1c(C)c(C)nn1Cc1ccc(C(F)(F)F)cc1. The number of aromatic nitrogens is 2. The van der Waals surface area contributed by atoms with Crippen LogP contribution in [0.3, 0.4) is 0 Å². The minimum Gasteiger partial charge on any atom is -0.408 e. The number of carbonyl (C=O) groups excluding carboxylic acids is 1. The summed E-state index contributed by atoms with van der Waals surface area (Å²) in [7, 11) is 0. The maximum absolute atomic E-state index is 12.5. The molecule has 0 bridgehead atoms. The fourth-order valence-corrected chi connectivity index (χ4v) is 1.99. The summed E-state index contributed by atoms with van der Waals surface area (Å²) < 4.78 is 44.2. The van der Waals surface area contributed by atoms with Crippen molar-refractivity contribution in [2.75, 3.05) is 0 Å². The van der Waals surface area contributed by atoms with Crippen molar-refractivity contribution >= 4 is 5.97 Å². The fraction of sp³-hybridized carbons (Fsp3) is 0.333. The molecule has 4 nitrogen and oxygen atoms in total. The van der Waals surface area contributed by atoms with Gasteiger partial charge in [-0.05, 0) is 31.5 Å². The highest BCUT2D eigenvalue weighted by molar-refractivity contribution is 5.69. The number of aryl methyl sites for hydroxylation is 1. The van der Waals surface area contributed by atoms with Crippen LogP contribution in [0.4, 0.5) is 13.2 Å². The van der Waals surface area contributed by atoms with E-state index >= 15 is 0 Å². The number of hydrogen-bond acceptors (Lipinski definition) is 3. The van der Waals surface area contributed by atoms with Crippen LogP contribution in [0.15, 0.2) is 24.3 Å². The monoisotopic (exact) mass is 312 g/mol. The number of ether oxygens (including phenoxy) is 1. The van der Waals surface area contributed by atoms with E-state index in [0.717, 1.165) is 17.7 Å². The molecule has 0 aliphatic carbocycles. The first-order chi connectivity index (χ1) is 10.2. The number of hydrogen-bond donors (Lipinski definition) is 0. The van der Waals surface area contributed by atoms with Crippen molar-refractivity contribution in [3.63, 3.8) is 0 Å². The number of nitrogens with zero attached hydrogens (tertiary/aromatic N) is 2. The van der Waals surface area contributed by atoms with E-state index in [-0.39, 0.29) is 6.54 Å². The van der Waals surface area contributed by atoms with Crippen LogP contribution in [0.1, 0.15) is 29.3 Å². The topological polar surface area (TPSA) is 44.1 Å². The molecule has 1 aromatic heterocycles. The third-order valence-corrected chi connectivity index (χ3v) is 3.22. The van der Waals surface area contributed by atoms with E-state index in [1.54, 1.807) is 13.8 Å². The van der Waals surface area contributed by atoms with Crippen molar-refractivity contribution in [1.82, 2.24) is 9.78 Å². The molecule has 1 heterocycles. The molecule has 7 heteroatoms. The zero-order valence-electron chi connectivity index (χ0n) is 12.4. The first kappa shape index (κ1) is 16.1. The third-order valence-electron chi connectivity index (χ3n) is 3.22. The lowest BCUT2D eigenvalue weighted by Gasteiger charge is -2.10. The Labute approximate surface area is 125 Å². The van der Waals surface area contributed by atoms with E-state index in [1.165, 1.54) is 23.7 Å². The molecule has 0 aliphatic heterocycles. The van der Waals surface area contributed by atoms with E-state index in [4.69, 9.17) is 4.74 Å². The van der Waals surface area contributed by atoms with Gasteiger partial charge in [-0.3, -0.25) is 4.79 Å². The maximum atomic E-state index is 12.5. The summed E-state index contributed by atoms with van der Waals surface area (Å²) in [6.07, 6.45) is -4.36. The number of benzene rings is 1. The second kappa shape index (κ2) is 5.82. The third kappa shape index (κ3) is 3.47. The molecule has 0 saturated carbocycles. The minimum absolute atomic E-state index is 0.218. The van der Waals surface area contributed by atoms with Crippen LogP contribution < -0.4 is 4.74 Å². The van der Waals surface area contributed by atoms with Crippen LogP contribution in [0.2, 0.25) is 0 Å². The van der Waals surface area contributed by atoms with Crippen LogP contribution in [0.5, 0.6) is 5.88 Å². The molecule has 0 saturated heterocycles. The van der Waals surface area contributed by atoms with E-state index < -0.39 is 17.7 Å². The summed E-state index contributed by atoms with van der Waals surface area (Å²) in [6.45, 7) is 5.04. The lowest BCUT2D eigenvalue weighted by Crippen LogP contribution is -2.10. The first-order valence-electron chi connectivity index (χ1n) is 6.57. The van der Waals surface area contributed by atoms with Gasteiger partial charge in [0.15, 0.2) is 0 Å². The molecule has 0 aliphatic rings. The molecule has 2 aromatic rings. The summed E-state index contributed by atoms with van der Waals surface area (Å²) in [6, 6.07) is 4.80. The number of esters is 1. The molecule has 0 amide bonds. The average molecular weight is 312 g/mol. The Kier molecular flexibility index (Phi) is 4.25. The van der Waals surface area contributed by atoms with E-state index in [9.17, 15) is 18.0 Å². The fourth-order valence-electron chi connectivity index (χ4n) is 1.99. The molecule has 1 aromatic carbocycles. The van der Waals surface area contributed by atoms with Crippen molar-refractivity contribution < 1.29 is 22.7 Å². The Morgan fingerprint density at radius 1 is 1.23 bits per heavy atom. The second-order valence-corrected chi connectivity index (χ2v) is 4.96. The Bertz CT molecular complexity index is 688. The van der Waals surface area contributed by atoms with E-state index in [2.05, 4.69) is 5.10 Å². The molecular formula is C15H15F3N2O2. The van der Waals surface area contributed by atoms with Crippen LogP contribution in [-0.2, 0) is 17.5 Å². The Hall–Kier alpha value is -2.31. The van der Waals surface area contributed by atoms with Crippen molar-refractivity contribution in [1.29, 1.82) is 0 Å². The van der Waals surface area contributed by atoms with Crippen LogP contribution >= 0.6 is 0 Å². The summed E-state index contributed by atoms with van der Waals surface area (Å²) >= 11 is 0. The maximum Gasteiger partial charge on any atom is 0.416 e. The standard InChI is InChI=1S/C15H15F3N2O2/c1-9-10(2)19-20(14(9)22-11(3)21)8-12-4-6-13(7-5-12)15(16,17)18/h4-7H,8H2,1-3H3. The van der Waals surface area contributed by atoms with Gasteiger partial charge in [0, 0.05) is 12.5 Å². The summed E-state index contributed by atoms with van der Waals surface area (Å²) in [4.78, 5) is 11.1. The molecule has 22 heavy (non-hydrogen) atoms. The highest BCUT2D eigenvalue weighted by Crippen LogP contribution is 2.29. The van der Waals surface area contributed by atoms with E-state index in [1.807, 2.05) is 0 Å². The van der Waals surface area contributed by atoms with Gasteiger partial charge in [0.25, 0.3) is 0 Å². The molecule has 0 fully saturated rings. The van der Waals surface area contributed by atoms with Crippen molar-refractivity contribution in [2.24, 2.45) is 0 Å². The largest absolute Gasteiger partial charge is 0.416 e. The summed E-state index contributed by atoms with van der Waals surface area (Å²) in [5.74, 6) is -0.165. The summed E-state index contributed by atoms with van der Waals surface area (Å²) in [5, 5.41) is 4.25. The highest BCUT2D eigenvalue weighted by atomic mass is 19.4. The van der Waals surface area contributed by atoms with Gasteiger partial charge < -0.3 is 4.74 Å². The van der Waals surface area contributed by atoms with E-state index in [0.29, 0.717) is 17.1 Å². The Morgan fingerprint density at radius 3 is 2.32 bits per heavy atom. The second-order valence-electron chi connectivity index (χ2n) is 4.96. The molecular weight excluding hydrogens is 297 g/mol. The average Bonchev–Trinajstić information content (AvgIpc) is 2.66. The van der Waals surface area contributed by atoms with Gasteiger partial charge in [-0.15, -0.1) is 0 Å². The first-order valence-corrected chi connectivity index (χ1v) is 6.57. The van der Waals surface area contributed by atoms with Gasteiger partial charge in [0.1, 0.15) is 0 Å². The van der Waals surface area contributed by atoms with Gasteiger partial charge in [0.05, 0.1) is 17.8 Å². The number of carbonyl (C=O) groups is 1. The van der Waals surface area contributed by atoms with Gasteiger partial charge in [-0.2, -0.15) is 18.3 Å². The van der Waals surface area contributed by atoms with Crippen molar-refractivity contribution in [3.8, 4) is 5.88 Å². The smallest absolute Gasteiger partial charge is 0.408 e. The van der Waals surface area contributed by atoms with Gasteiger partial charge in [0.2, 0.25) is 5.88 Å². The van der Waals surface area contributed by atoms with Crippen LogP contribution in [0.25, 0.3) is 0 Å². The van der Waals surface area contributed by atoms with Gasteiger partial charge >= 0.3 is 12.1 Å². The normalized spacial score (nSPS) is 11.5. The molecule has 118 valence electrons. The Morgan fingerprint density at radius 2 is 1.82 bits per heavy atom. The zero-order chi connectivity index (χ0) is 16.5. The van der Waals surface area contributed by atoms with Crippen molar-refractivity contribution in [2.45, 2.75) is 33.5 Å². The zero-order valence-corrected chi connectivity index (χ0v) is 12.4. The number of halogens is 3. The molecule has 0 unspecified atom stereocenters. The van der Waals surface area contributed by atoms with Crippen LogP contribution in [-0.4, -0.2) is 15.7 Å². The minimum atomic E-state index is -4.36. The van der Waals surface area contributed by atoms with Gasteiger partial charge in [-0.25, -0.2) is 4.68 Å². The predicted octanol–water partition coefficient (Wildman–Crippen LogP) is 3.49. The summed E-state index contributed by atoms with van der Waals surface area (Å²) in [5.41, 5.74) is 1.35. The Balaban J connectivity index is 2.27. The predicted molar refractivity (Wildman–Crippen MR) is 73.6 cm³/mol. The molecule has 0 N–H and O–H groups in total. The van der Waals surface area contributed by atoms with Crippen LogP contribution in [0, 0.1) is 13.8 Å². The lowest BCUT2D eigenvalue weighted by molar-refractivity contribution is -0.137. The molecule has 0 spiro atoms. The number of rotatable bonds is 3. The van der Waals surface area contributed by atoms with Crippen molar-refractivity contribution in [3.05, 3.63) is 46.6 Å². The van der Waals surface area contributed by atoms with Gasteiger partial charge in [-0.1, -0.05) is 12.1 Å². The quantitative estimate of drug-likeness (QED) is 0.815. The molecule has 2 rings (SSSR count). The highest BCUT2D eigenvalue weighted by Gasteiger charge is 2.30. The lowest BCUT2D eigenvalue weighted by atomic mass is 10.1.